The summed E-state index contributed by atoms with van der Waals surface area (Å²) in [5, 5.41) is 11.0. The molecule has 4 rings (SSSR count). The van der Waals surface area contributed by atoms with Crippen LogP contribution in [0.15, 0.2) is 88.6 Å². The molecule has 0 aliphatic heterocycles. The zero-order valence-corrected chi connectivity index (χ0v) is 15.1. The minimum absolute atomic E-state index is 0.270. The van der Waals surface area contributed by atoms with Crippen molar-refractivity contribution in [1.82, 2.24) is 15.0 Å². The van der Waals surface area contributed by atoms with Crippen LogP contribution in [0, 0.1) is 0 Å². The van der Waals surface area contributed by atoms with E-state index in [-0.39, 0.29) is 5.91 Å². The van der Waals surface area contributed by atoms with E-state index >= 15 is 0 Å². The molecular formula is C20H16N4O2S. The number of aromatic nitrogens is 3. The predicted octanol–water partition coefficient (Wildman–Crippen LogP) is 4.40. The van der Waals surface area contributed by atoms with Gasteiger partial charge in [0.1, 0.15) is 0 Å². The SMILES string of the molecule is O=C(Nc1ccc(-n2nccn2)cc1)c1occc1CSc1ccccc1. The third kappa shape index (κ3) is 4.09. The van der Waals surface area contributed by atoms with E-state index in [9.17, 15) is 4.79 Å². The lowest BCUT2D eigenvalue weighted by Gasteiger charge is -2.06. The maximum absolute atomic E-state index is 12.6. The first-order chi connectivity index (χ1) is 13.3. The van der Waals surface area contributed by atoms with Crippen molar-refractivity contribution in [2.45, 2.75) is 10.6 Å². The quantitative estimate of drug-likeness (QED) is 0.505. The topological polar surface area (TPSA) is 73.0 Å². The molecule has 0 aliphatic rings. The third-order valence-corrected chi connectivity index (χ3v) is 4.93. The van der Waals surface area contributed by atoms with Crippen LogP contribution < -0.4 is 5.32 Å². The molecule has 2 aromatic heterocycles. The Morgan fingerprint density at radius 2 is 1.74 bits per heavy atom. The number of amides is 1. The van der Waals surface area contributed by atoms with Gasteiger partial charge in [0.25, 0.3) is 5.91 Å². The molecule has 7 heteroatoms. The van der Waals surface area contributed by atoms with Gasteiger partial charge in [0.15, 0.2) is 5.76 Å². The number of carbonyl (C=O) groups excluding carboxylic acids is 1. The van der Waals surface area contributed by atoms with Crippen LogP contribution in [0.3, 0.4) is 0 Å². The molecule has 2 heterocycles. The van der Waals surface area contributed by atoms with Crippen LogP contribution in [0.25, 0.3) is 5.69 Å². The number of hydrogen-bond donors (Lipinski definition) is 1. The molecule has 0 bridgehead atoms. The number of thioether (sulfide) groups is 1. The molecule has 0 aliphatic carbocycles. The van der Waals surface area contributed by atoms with E-state index in [1.54, 1.807) is 42.6 Å². The molecule has 134 valence electrons. The highest BCUT2D eigenvalue weighted by Gasteiger charge is 2.16. The lowest BCUT2D eigenvalue weighted by atomic mass is 10.2. The van der Waals surface area contributed by atoms with Crippen molar-refractivity contribution in [3.8, 4) is 5.69 Å². The van der Waals surface area contributed by atoms with Gasteiger partial charge < -0.3 is 9.73 Å². The van der Waals surface area contributed by atoms with Gasteiger partial charge in [-0.25, -0.2) is 0 Å². The highest BCUT2D eigenvalue weighted by Crippen LogP contribution is 2.25. The first-order valence-electron chi connectivity index (χ1n) is 8.32. The maximum Gasteiger partial charge on any atom is 0.291 e. The Bertz CT molecular complexity index is 1010. The van der Waals surface area contributed by atoms with Gasteiger partial charge in [0.2, 0.25) is 0 Å². The van der Waals surface area contributed by atoms with E-state index in [0.717, 1.165) is 16.1 Å². The summed E-state index contributed by atoms with van der Waals surface area (Å²) in [5.41, 5.74) is 2.35. The molecule has 0 atom stereocenters. The fourth-order valence-corrected chi connectivity index (χ4v) is 3.44. The lowest BCUT2D eigenvalue weighted by molar-refractivity contribution is 0.0996. The van der Waals surface area contributed by atoms with Crippen LogP contribution in [0.5, 0.6) is 0 Å². The molecule has 0 unspecified atom stereocenters. The van der Waals surface area contributed by atoms with Gasteiger partial charge in [0.05, 0.1) is 24.3 Å². The van der Waals surface area contributed by atoms with Gasteiger partial charge in [0, 0.05) is 21.9 Å². The number of anilines is 1. The van der Waals surface area contributed by atoms with Crippen molar-refractivity contribution >= 4 is 23.4 Å². The van der Waals surface area contributed by atoms with Crippen molar-refractivity contribution in [3.05, 3.63) is 90.6 Å². The summed E-state index contributed by atoms with van der Waals surface area (Å²) in [4.78, 5) is 15.2. The van der Waals surface area contributed by atoms with Gasteiger partial charge in [-0.05, 0) is 42.5 Å². The Hall–Kier alpha value is -3.32. The molecule has 4 aromatic rings. The number of rotatable bonds is 6. The van der Waals surface area contributed by atoms with Crippen LogP contribution in [-0.2, 0) is 5.75 Å². The Labute approximate surface area is 160 Å². The highest BCUT2D eigenvalue weighted by atomic mass is 32.2. The summed E-state index contributed by atoms with van der Waals surface area (Å²) in [6.45, 7) is 0. The second-order valence-electron chi connectivity index (χ2n) is 5.70. The molecule has 0 fully saturated rings. The fourth-order valence-electron chi connectivity index (χ4n) is 2.54. The zero-order chi connectivity index (χ0) is 18.5. The number of nitrogens with one attached hydrogen (secondary N) is 1. The average Bonchev–Trinajstić information content (AvgIpc) is 3.40. The third-order valence-electron chi connectivity index (χ3n) is 3.87. The molecule has 0 radical (unpaired) electrons. The lowest BCUT2D eigenvalue weighted by Crippen LogP contribution is -2.12. The number of nitrogens with zero attached hydrogens (tertiary/aromatic N) is 3. The van der Waals surface area contributed by atoms with Crippen molar-refractivity contribution in [2.24, 2.45) is 0 Å². The molecule has 0 spiro atoms. The van der Waals surface area contributed by atoms with Crippen LogP contribution >= 0.6 is 11.8 Å². The second-order valence-corrected chi connectivity index (χ2v) is 6.74. The summed E-state index contributed by atoms with van der Waals surface area (Å²) in [5.74, 6) is 0.720. The smallest absolute Gasteiger partial charge is 0.291 e. The van der Waals surface area contributed by atoms with E-state index < -0.39 is 0 Å². The Balaban J connectivity index is 1.42. The van der Waals surface area contributed by atoms with Crippen molar-refractivity contribution in [3.63, 3.8) is 0 Å². The summed E-state index contributed by atoms with van der Waals surface area (Å²) in [6, 6.07) is 19.2. The number of hydrogen-bond acceptors (Lipinski definition) is 5. The molecular weight excluding hydrogens is 360 g/mol. The Kier molecular flexibility index (Phi) is 5.02. The molecule has 0 saturated carbocycles. The second kappa shape index (κ2) is 7.92. The van der Waals surface area contributed by atoms with Gasteiger partial charge in [-0.1, -0.05) is 18.2 Å². The number of benzene rings is 2. The maximum atomic E-state index is 12.6. The summed E-state index contributed by atoms with van der Waals surface area (Å²) in [6.07, 6.45) is 4.77. The summed E-state index contributed by atoms with van der Waals surface area (Å²) in [7, 11) is 0. The van der Waals surface area contributed by atoms with E-state index in [0.29, 0.717) is 17.2 Å². The molecule has 1 amide bonds. The van der Waals surface area contributed by atoms with Crippen LogP contribution in [-0.4, -0.2) is 20.9 Å². The summed E-state index contributed by atoms with van der Waals surface area (Å²) >= 11 is 1.66. The van der Waals surface area contributed by atoms with Gasteiger partial charge in [-0.15, -0.1) is 11.8 Å². The van der Waals surface area contributed by atoms with E-state index in [1.807, 2.05) is 48.5 Å². The highest BCUT2D eigenvalue weighted by molar-refractivity contribution is 7.98. The largest absolute Gasteiger partial charge is 0.459 e. The van der Waals surface area contributed by atoms with Crippen LogP contribution in [0.2, 0.25) is 0 Å². The van der Waals surface area contributed by atoms with Crippen molar-refractivity contribution in [1.29, 1.82) is 0 Å². The van der Waals surface area contributed by atoms with E-state index in [1.165, 1.54) is 4.80 Å². The van der Waals surface area contributed by atoms with Crippen molar-refractivity contribution in [2.75, 3.05) is 5.32 Å². The van der Waals surface area contributed by atoms with Gasteiger partial charge in [-0.2, -0.15) is 15.0 Å². The molecule has 6 nitrogen and oxygen atoms in total. The average molecular weight is 376 g/mol. The number of carbonyl (C=O) groups is 1. The predicted molar refractivity (Wildman–Crippen MR) is 104 cm³/mol. The zero-order valence-electron chi connectivity index (χ0n) is 14.3. The normalized spacial score (nSPS) is 10.7. The first-order valence-corrected chi connectivity index (χ1v) is 9.30. The minimum atomic E-state index is -0.270. The van der Waals surface area contributed by atoms with Crippen molar-refractivity contribution < 1.29 is 9.21 Å². The molecule has 27 heavy (non-hydrogen) atoms. The van der Waals surface area contributed by atoms with Gasteiger partial charge >= 0.3 is 0 Å². The van der Waals surface area contributed by atoms with Gasteiger partial charge in [-0.3, -0.25) is 4.79 Å². The Morgan fingerprint density at radius 3 is 2.48 bits per heavy atom. The van der Waals surface area contributed by atoms with E-state index in [4.69, 9.17) is 4.42 Å². The van der Waals surface area contributed by atoms with Crippen LogP contribution in [0.1, 0.15) is 16.1 Å². The standard InChI is InChI=1S/C20H16N4O2S/c25-20(23-16-6-8-17(9-7-16)24-21-11-12-22-24)19-15(10-13-26-19)14-27-18-4-2-1-3-5-18/h1-13H,14H2,(H,23,25). The molecule has 0 saturated heterocycles. The minimum Gasteiger partial charge on any atom is -0.459 e. The van der Waals surface area contributed by atoms with E-state index in [2.05, 4.69) is 15.5 Å². The van der Waals surface area contributed by atoms with Crippen LogP contribution in [0.4, 0.5) is 5.69 Å². The first kappa shape index (κ1) is 17.1. The fraction of sp³-hybridized carbons (Fsp3) is 0.0500. The Morgan fingerprint density at radius 1 is 1.00 bits per heavy atom. The molecule has 1 N–H and O–H groups in total. The monoisotopic (exact) mass is 376 g/mol. The number of furan rings is 1. The summed E-state index contributed by atoms with van der Waals surface area (Å²) < 4.78 is 5.42. The molecule has 2 aromatic carbocycles.